The predicted molar refractivity (Wildman–Crippen MR) is 250 cm³/mol. The van der Waals surface area contributed by atoms with E-state index in [1.54, 1.807) is 0 Å². The second-order valence-electron chi connectivity index (χ2n) is 17.3. The number of amides is 1. The fourth-order valence-electron chi connectivity index (χ4n) is 7.73. The number of ether oxygens (including phenoxy) is 1. The summed E-state index contributed by atoms with van der Waals surface area (Å²) in [6, 6.07) is -0.699. The van der Waals surface area contributed by atoms with E-state index in [9.17, 15) is 19.8 Å². The van der Waals surface area contributed by atoms with Crippen molar-refractivity contribution in [3.63, 3.8) is 0 Å². The highest BCUT2D eigenvalue weighted by atomic mass is 16.5. The molecule has 0 bridgehead atoms. The molecule has 0 saturated carbocycles. The Balaban J connectivity index is 4.50. The third-order valence-electron chi connectivity index (χ3n) is 11.5. The van der Waals surface area contributed by atoms with E-state index < -0.39 is 18.2 Å². The van der Waals surface area contributed by atoms with Crippen molar-refractivity contribution in [3.05, 3.63) is 36.5 Å². The number of carbonyl (C=O) groups excluding carboxylic acids is 2. The molecule has 58 heavy (non-hydrogen) atoms. The summed E-state index contributed by atoms with van der Waals surface area (Å²) in [6.45, 7) is 6.35. The predicted octanol–water partition coefficient (Wildman–Crippen LogP) is 14.9. The molecule has 0 aliphatic heterocycles. The maximum absolute atomic E-state index is 13.2. The first-order chi connectivity index (χ1) is 28.5. The van der Waals surface area contributed by atoms with Gasteiger partial charge in [0.15, 0.2) is 0 Å². The van der Waals surface area contributed by atoms with Gasteiger partial charge in [-0.25, -0.2) is 0 Å². The third-order valence-corrected chi connectivity index (χ3v) is 11.5. The average molecular weight is 816 g/mol. The Bertz CT molecular complexity index is 961. The van der Waals surface area contributed by atoms with Crippen LogP contribution >= 0.6 is 0 Å². The van der Waals surface area contributed by atoms with Crippen molar-refractivity contribution in [2.45, 2.75) is 277 Å². The number of carbonyl (C=O) groups is 2. The van der Waals surface area contributed by atoms with Crippen molar-refractivity contribution in [1.29, 1.82) is 0 Å². The molecule has 3 unspecified atom stereocenters. The summed E-state index contributed by atoms with van der Waals surface area (Å²) < 4.78 is 5.92. The first kappa shape index (κ1) is 56.1. The molecule has 0 radical (unpaired) electrons. The van der Waals surface area contributed by atoms with Crippen molar-refractivity contribution >= 4 is 11.9 Å². The van der Waals surface area contributed by atoms with Gasteiger partial charge in [-0.05, 0) is 44.9 Å². The van der Waals surface area contributed by atoms with Gasteiger partial charge in [0, 0.05) is 6.42 Å². The Morgan fingerprint density at radius 2 is 0.931 bits per heavy atom. The number of rotatable bonds is 45. The van der Waals surface area contributed by atoms with E-state index in [2.05, 4.69) is 62.5 Å². The van der Waals surface area contributed by atoms with Gasteiger partial charge >= 0.3 is 5.97 Å². The summed E-state index contributed by atoms with van der Waals surface area (Å²) in [5.74, 6) is -0.479. The van der Waals surface area contributed by atoms with Gasteiger partial charge in [0.25, 0.3) is 0 Å². The highest BCUT2D eigenvalue weighted by molar-refractivity contribution is 5.77. The Kier molecular flexibility index (Phi) is 44.6. The van der Waals surface area contributed by atoms with Crippen LogP contribution in [0.4, 0.5) is 0 Å². The summed E-state index contributed by atoms with van der Waals surface area (Å²) in [7, 11) is 0. The van der Waals surface area contributed by atoms with Crippen LogP contribution < -0.4 is 5.32 Å². The standard InChI is InChI=1S/C52H97NO5/c1-4-7-10-13-16-19-22-24-26-28-30-33-36-39-42-45-52(57)58-48(43-40-37-34-31-21-18-15-12-9-6-3)46-51(56)53-49(47-54)50(55)44-41-38-35-32-29-27-25-23-20-17-14-11-8-5-2/h7,10,13,16,19,22,48-50,54-55H,4-6,8-9,11-12,14-15,17-18,20-21,23-47H2,1-3H3,(H,53,56)/b10-7+,16-13+,22-19+. The number of esters is 1. The van der Waals surface area contributed by atoms with Gasteiger partial charge in [0.2, 0.25) is 5.91 Å². The van der Waals surface area contributed by atoms with E-state index in [1.807, 2.05) is 0 Å². The van der Waals surface area contributed by atoms with Crippen LogP contribution in [0.1, 0.15) is 258 Å². The number of aliphatic hydroxyl groups excluding tert-OH is 2. The largest absolute Gasteiger partial charge is 0.462 e. The molecule has 3 atom stereocenters. The molecule has 6 nitrogen and oxygen atoms in total. The molecule has 0 heterocycles. The SMILES string of the molecule is CC/C=C/C=C/C=C/CCCCCCCCCC(=O)OC(CCCCCCCCCCCC)CC(=O)NC(CO)C(O)CCCCCCCCCCCCCCCC. The fourth-order valence-corrected chi connectivity index (χ4v) is 7.73. The zero-order valence-corrected chi connectivity index (χ0v) is 38.7. The molecular weight excluding hydrogens is 719 g/mol. The smallest absolute Gasteiger partial charge is 0.306 e. The van der Waals surface area contributed by atoms with Gasteiger partial charge < -0.3 is 20.3 Å². The summed E-state index contributed by atoms with van der Waals surface area (Å²) in [6.07, 6.45) is 53.4. The van der Waals surface area contributed by atoms with Crippen LogP contribution in [0.2, 0.25) is 0 Å². The number of allylic oxidation sites excluding steroid dienone is 6. The van der Waals surface area contributed by atoms with Crippen LogP contribution in [0.25, 0.3) is 0 Å². The molecular formula is C52H97NO5. The fraction of sp³-hybridized carbons (Fsp3) is 0.846. The second-order valence-corrected chi connectivity index (χ2v) is 17.3. The molecule has 0 aromatic heterocycles. The zero-order chi connectivity index (χ0) is 42.4. The van der Waals surface area contributed by atoms with E-state index in [1.165, 1.54) is 154 Å². The molecule has 0 rings (SSSR count). The number of unbranched alkanes of at least 4 members (excludes halogenated alkanes) is 29. The number of hydrogen-bond acceptors (Lipinski definition) is 5. The monoisotopic (exact) mass is 816 g/mol. The second kappa shape index (κ2) is 46.2. The molecule has 0 spiro atoms. The Morgan fingerprint density at radius 1 is 0.517 bits per heavy atom. The van der Waals surface area contributed by atoms with E-state index in [0.717, 1.165) is 57.8 Å². The molecule has 0 aromatic rings. The molecule has 6 heteroatoms. The maximum atomic E-state index is 13.2. The summed E-state index contributed by atoms with van der Waals surface area (Å²) in [5.41, 5.74) is 0. The molecule has 0 aliphatic rings. The molecule has 340 valence electrons. The molecule has 0 saturated heterocycles. The van der Waals surface area contributed by atoms with E-state index in [-0.39, 0.29) is 24.9 Å². The first-order valence-corrected chi connectivity index (χ1v) is 25.2. The van der Waals surface area contributed by atoms with Crippen LogP contribution in [0.15, 0.2) is 36.5 Å². The quantitative estimate of drug-likeness (QED) is 0.0323. The van der Waals surface area contributed by atoms with E-state index in [0.29, 0.717) is 19.3 Å². The zero-order valence-electron chi connectivity index (χ0n) is 38.7. The van der Waals surface area contributed by atoms with Crippen molar-refractivity contribution in [1.82, 2.24) is 5.32 Å². The van der Waals surface area contributed by atoms with Gasteiger partial charge in [-0.2, -0.15) is 0 Å². The number of nitrogens with one attached hydrogen (secondary N) is 1. The lowest BCUT2D eigenvalue weighted by Crippen LogP contribution is -2.46. The molecule has 0 aromatic carbocycles. The summed E-state index contributed by atoms with van der Waals surface area (Å²) in [4.78, 5) is 26.1. The van der Waals surface area contributed by atoms with E-state index in [4.69, 9.17) is 4.74 Å². The minimum Gasteiger partial charge on any atom is -0.462 e. The van der Waals surface area contributed by atoms with Gasteiger partial charge in [-0.15, -0.1) is 0 Å². The highest BCUT2D eigenvalue weighted by Gasteiger charge is 2.24. The normalized spacial score (nSPS) is 13.5. The Labute approximate surface area is 360 Å². The first-order valence-electron chi connectivity index (χ1n) is 25.2. The average Bonchev–Trinajstić information content (AvgIpc) is 3.22. The molecule has 3 N–H and O–H groups in total. The lowest BCUT2D eigenvalue weighted by atomic mass is 10.0. The van der Waals surface area contributed by atoms with Crippen molar-refractivity contribution < 1.29 is 24.5 Å². The lowest BCUT2D eigenvalue weighted by Gasteiger charge is -2.24. The van der Waals surface area contributed by atoms with Crippen molar-refractivity contribution in [2.24, 2.45) is 0 Å². The third kappa shape index (κ3) is 40.8. The van der Waals surface area contributed by atoms with Crippen LogP contribution in [-0.4, -0.2) is 46.9 Å². The van der Waals surface area contributed by atoms with Gasteiger partial charge in [0.1, 0.15) is 6.10 Å². The van der Waals surface area contributed by atoms with Crippen molar-refractivity contribution in [3.8, 4) is 0 Å². The Morgan fingerprint density at radius 3 is 1.40 bits per heavy atom. The minimum absolute atomic E-state index is 0.0760. The number of hydrogen-bond donors (Lipinski definition) is 3. The molecule has 1 amide bonds. The van der Waals surface area contributed by atoms with Crippen LogP contribution in [0.5, 0.6) is 0 Å². The summed E-state index contributed by atoms with van der Waals surface area (Å²) in [5, 5.41) is 23.7. The Hall–Kier alpha value is -1.92. The number of aliphatic hydroxyl groups is 2. The topological polar surface area (TPSA) is 95.9 Å². The van der Waals surface area contributed by atoms with Crippen LogP contribution in [-0.2, 0) is 14.3 Å². The van der Waals surface area contributed by atoms with Gasteiger partial charge in [-0.3, -0.25) is 9.59 Å². The summed E-state index contributed by atoms with van der Waals surface area (Å²) >= 11 is 0. The lowest BCUT2D eigenvalue weighted by molar-refractivity contribution is -0.151. The van der Waals surface area contributed by atoms with Crippen LogP contribution in [0.3, 0.4) is 0 Å². The van der Waals surface area contributed by atoms with Crippen molar-refractivity contribution in [2.75, 3.05) is 6.61 Å². The van der Waals surface area contributed by atoms with Gasteiger partial charge in [0.05, 0.1) is 25.2 Å². The maximum Gasteiger partial charge on any atom is 0.306 e. The van der Waals surface area contributed by atoms with E-state index >= 15 is 0 Å². The molecule has 0 fully saturated rings. The van der Waals surface area contributed by atoms with Gasteiger partial charge in [-0.1, -0.05) is 237 Å². The molecule has 0 aliphatic carbocycles. The highest BCUT2D eigenvalue weighted by Crippen LogP contribution is 2.18. The minimum atomic E-state index is -0.786. The van der Waals surface area contributed by atoms with Crippen LogP contribution in [0, 0.1) is 0 Å².